The van der Waals surface area contributed by atoms with Gasteiger partial charge in [-0.25, -0.2) is 8.42 Å². The van der Waals surface area contributed by atoms with Gasteiger partial charge >= 0.3 is 0 Å². The first-order valence-corrected chi connectivity index (χ1v) is 11.3. The predicted molar refractivity (Wildman–Crippen MR) is 110 cm³/mol. The SMILES string of the molecule is CCCN(C(=O)c1cc([N+](=O)[O-])cc(S(C)(=O)=O)c1)C(C)c1ccccc1Br. The Morgan fingerprint density at radius 1 is 1.25 bits per heavy atom. The summed E-state index contributed by atoms with van der Waals surface area (Å²) >= 11 is 3.48. The molecule has 7 nitrogen and oxygen atoms in total. The van der Waals surface area contributed by atoms with Gasteiger partial charge in [-0.05, 0) is 31.0 Å². The Balaban J connectivity index is 2.55. The number of halogens is 1. The molecule has 0 saturated heterocycles. The number of nitro benzene ring substituents is 1. The van der Waals surface area contributed by atoms with Gasteiger partial charge in [0, 0.05) is 35.0 Å². The summed E-state index contributed by atoms with van der Waals surface area (Å²) in [6.07, 6.45) is 1.63. The zero-order chi connectivity index (χ0) is 21.1. The lowest BCUT2D eigenvalue weighted by molar-refractivity contribution is -0.385. The highest BCUT2D eigenvalue weighted by atomic mass is 79.9. The van der Waals surface area contributed by atoms with E-state index in [9.17, 15) is 23.3 Å². The zero-order valence-electron chi connectivity index (χ0n) is 15.8. The van der Waals surface area contributed by atoms with E-state index >= 15 is 0 Å². The number of benzene rings is 2. The largest absolute Gasteiger partial charge is 0.332 e. The number of carbonyl (C=O) groups is 1. The second kappa shape index (κ2) is 8.83. The maximum Gasteiger partial charge on any atom is 0.271 e. The first kappa shape index (κ1) is 22.0. The molecule has 0 fully saturated rings. The van der Waals surface area contributed by atoms with E-state index in [2.05, 4.69) is 15.9 Å². The van der Waals surface area contributed by atoms with Crippen molar-refractivity contribution in [2.45, 2.75) is 31.2 Å². The average molecular weight is 469 g/mol. The normalized spacial score (nSPS) is 12.4. The third-order valence-corrected chi connectivity index (χ3v) is 6.14. The number of hydrogen-bond donors (Lipinski definition) is 0. The number of sulfone groups is 1. The van der Waals surface area contributed by atoms with Crippen molar-refractivity contribution in [3.63, 3.8) is 0 Å². The van der Waals surface area contributed by atoms with E-state index in [1.54, 1.807) is 4.90 Å². The van der Waals surface area contributed by atoms with Gasteiger partial charge in [-0.2, -0.15) is 0 Å². The number of nitro groups is 1. The summed E-state index contributed by atoms with van der Waals surface area (Å²) in [7, 11) is -3.71. The summed E-state index contributed by atoms with van der Waals surface area (Å²) < 4.78 is 24.7. The Morgan fingerprint density at radius 2 is 1.89 bits per heavy atom. The van der Waals surface area contributed by atoms with Crippen LogP contribution in [0, 0.1) is 10.1 Å². The third-order valence-electron chi connectivity index (χ3n) is 4.33. The Bertz CT molecular complexity index is 1010. The van der Waals surface area contributed by atoms with E-state index in [0.717, 1.165) is 28.4 Å². The fraction of sp³-hybridized carbons (Fsp3) is 0.316. The van der Waals surface area contributed by atoms with Crippen LogP contribution in [0.15, 0.2) is 51.8 Å². The minimum atomic E-state index is -3.71. The molecular weight excluding hydrogens is 448 g/mol. The van der Waals surface area contributed by atoms with Crippen molar-refractivity contribution < 1.29 is 18.1 Å². The van der Waals surface area contributed by atoms with E-state index < -0.39 is 26.4 Å². The van der Waals surface area contributed by atoms with Crippen LogP contribution in [0.2, 0.25) is 0 Å². The van der Waals surface area contributed by atoms with Crippen LogP contribution in [0.4, 0.5) is 5.69 Å². The third kappa shape index (κ3) is 4.96. The second-order valence-electron chi connectivity index (χ2n) is 6.44. The number of amides is 1. The molecule has 9 heteroatoms. The van der Waals surface area contributed by atoms with Crippen LogP contribution >= 0.6 is 15.9 Å². The van der Waals surface area contributed by atoms with Crippen molar-refractivity contribution in [1.29, 1.82) is 0 Å². The van der Waals surface area contributed by atoms with Crippen molar-refractivity contribution in [3.8, 4) is 0 Å². The van der Waals surface area contributed by atoms with Crippen LogP contribution < -0.4 is 0 Å². The van der Waals surface area contributed by atoms with Gasteiger partial charge in [0.05, 0.1) is 15.9 Å². The molecule has 0 aliphatic heterocycles. The maximum absolute atomic E-state index is 13.2. The molecule has 1 amide bonds. The standard InChI is InChI=1S/C19H21BrN2O5S/c1-4-9-21(13(2)17-7-5-6-8-18(17)20)19(23)14-10-15(22(24)25)12-16(11-14)28(3,26)27/h5-8,10-13H,4,9H2,1-3H3. The first-order valence-electron chi connectivity index (χ1n) is 8.61. The smallest absolute Gasteiger partial charge is 0.271 e. The van der Waals surface area contributed by atoms with Gasteiger partial charge in [-0.1, -0.05) is 41.1 Å². The fourth-order valence-corrected chi connectivity index (χ4v) is 4.18. The predicted octanol–water partition coefficient (Wildman–Crippen LogP) is 4.37. The fourth-order valence-electron chi connectivity index (χ4n) is 2.89. The molecule has 0 aromatic heterocycles. The van der Waals surface area contributed by atoms with Crippen molar-refractivity contribution in [2.75, 3.05) is 12.8 Å². The van der Waals surface area contributed by atoms with Gasteiger partial charge in [0.2, 0.25) is 0 Å². The van der Waals surface area contributed by atoms with E-state index in [1.165, 1.54) is 6.07 Å². The van der Waals surface area contributed by atoms with Gasteiger partial charge < -0.3 is 4.90 Å². The number of rotatable bonds is 7. The Morgan fingerprint density at radius 3 is 2.43 bits per heavy atom. The molecule has 0 bridgehead atoms. The lowest BCUT2D eigenvalue weighted by Crippen LogP contribution is -2.34. The lowest BCUT2D eigenvalue weighted by atomic mass is 10.0. The molecule has 0 aliphatic carbocycles. The molecule has 1 unspecified atom stereocenters. The van der Waals surface area contributed by atoms with Crippen molar-refractivity contribution in [3.05, 3.63) is 68.2 Å². The van der Waals surface area contributed by atoms with Crippen molar-refractivity contribution >= 4 is 37.4 Å². The van der Waals surface area contributed by atoms with E-state index in [1.807, 2.05) is 38.1 Å². The molecular formula is C19H21BrN2O5S. The van der Waals surface area contributed by atoms with Gasteiger partial charge in [0.15, 0.2) is 9.84 Å². The molecule has 0 aliphatic rings. The van der Waals surface area contributed by atoms with Crippen LogP contribution in [0.25, 0.3) is 0 Å². The summed E-state index contributed by atoms with van der Waals surface area (Å²) in [5.74, 6) is -0.460. The quantitative estimate of drug-likeness (QED) is 0.443. The van der Waals surface area contributed by atoms with Crippen molar-refractivity contribution in [2.24, 2.45) is 0 Å². The van der Waals surface area contributed by atoms with Crippen LogP contribution in [0.3, 0.4) is 0 Å². The number of non-ortho nitro benzene ring substituents is 1. The maximum atomic E-state index is 13.2. The number of hydrogen-bond acceptors (Lipinski definition) is 5. The molecule has 2 aromatic rings. The Hall–Kier alpha value is -2.26. The molecule has 0 spiro atoms. The molecule has 0 saturated carbocycles. The molecule has 0 radical (unpaired) electrons. The molecule has 150 valence electrons. The number of nitrogens with zero attached hydrogens (tertiary/aromatic N) is 2. The van der Waals surface area contributed by atoms with Crippen LogP contribution in [0.1, 0.15) is 42.2 Å². The molecule has 2 rings (SSSR count). The van der Waals surface area contributed by atoms with Crippen LogP contribution in [-0.2, 0) is 9.84 Å². The van der Waals surface area contributed by atoms with Gasteiger partial charge in [-0.15, -0.1) is 0 Å². The number of carbonyl (C=O) groups excluding carboxylic acids is 1. The van der Waals surface area contributed by atoms with Crippen LogP contribution in [0.5, 0.6) is 0 Å². The Kier molecular flexibility index (Phi) is 6.95. The summed E-state index contributed by atoms with van der Waals surface area (Å²) in [6.45, 7) is 4.20. The minimum absolute atomic E-state index is 0.0259. The van der Waals surface area contributed by atoms with Crippen molar-refractivity contribution in [1.82, 2.24) is 4.90 Å². The zero-order valence-corrected chi connectivity index (χ0v) is 18.2. The van der Waals surface area contributed by atoms with E-state index in [0.29, 0.717) is 13.0 Å². The van der Waals surface area contributed by atoms with E-state index in [4.69, 9.17) is 0 Å². The molecule has 2 aromatic carbocycles. The topological polar surface area (TPSA) is 97.6 Å². The van der Waals surface area contributed by atoms with Gasteiger partial charge in [0.25, 0.3) is 11.6 Å². The molecule has 1 atom stereocenters. The second-order valence-corrected chi connectivity index (χ2v) is 9.31. The summed E-state index contributed by atoms with van der Waals surface area (Å²) in [4.78, 5) is 25.1. The summed E-state index contributed by atoms with van der Waals surface area (Å²) in [6, 6.07) is 10.4. The summed E-state index contributed by atoms with van der Waals surface area (Å²) in [5, 5.41) is 11.2. The van der Waals surface area contributed by atoms with Gasteiger partial charge in [0.1, 0.15) is 0 Å². The monoisotopic (exact) mass is 468 g/mol. The highest BCUT2D eigenvalue weighted by Crippen LogP contribution is 2.30. The van der Waals surface area contributed by atoms with Gasteiger partial charge in [-0.3, -0.25) is 14.9 Å². The van der Waals surface area contributed by atoms with Crippen LogP contribution in [-0.4, -0.2) is 36.9 Å². The molecule has 0 heterocycles. The highest BCUT2D eigenvalue weighted by Gasteiger charge is 2.26. The molecule has 0 N–H and O–H groups in total. The summed E-state index contributed by atoms with van der Waals surface area (Å²) in [5.41, 5.74) is 0.427. The highest BCUT2D eigenvalue weighted by molar-refractivity contribution is 9.10. The Labute approximate surface area is 172 Å². The minimum Gasteiger partial charge on any atom is -0.332 e. The average Bonchev–Trinajstić information content (AvgIpc) is 2.64. The first-order chi connectivity index (χ1) is 13.1. The lowest BCUT2D eigenvalue weighted by Gasteiger charge is -2.30. The van der Waals surface area contributed by atoms with E-state index in [-0.39, 0.29) is 16.5 Å². The molecule has 28 heavy (non-hydrogen) atoms.